The van der Waals surface area contributed by atoms with Crippen molar-refractivity contribution < 1.29 is 35.7 Å². The fraction of sp³-hybridized carbons (Fsp3) is 0.192. The maximum absolute atomic E-state index is 11.1. The summed E-state index contributed by atoms with van der Waals surface area (Å²) in [5.41, 5.74) is -0.371. The van der Waals surface area contributed by atoms with Gasteiger partial charge < -0.3 is 4.74 Å². The van der Waals surface area contributed by atoms with Crippen molar-refractivity contribution in [1.29, 1.82) is 0 Å². The molecule has 2 aromatic carbocycles. The van der Waals surface area contributed by atoms with Crippen LogP contribution in [0.15, 0.2) is 84.2 Å². The maximum atomic E-state index is 11.1. The lowest BCUT2D eigenvalue weighted by atomic mass is 9.99. The average molecular weight is 539 g/mol. The molecule has 0 saturated carbocycles. The summed E-state index contributed by atoms with van der Waals surface area (Å²) in [6, 6.07) is 26.8. The molecule has 5 nitrogen and oxygen atoms in total. The van der Waals surface area contributed by atoms with Gasteiger partial charge in [-0.05, 0) is 53.1 Å². The van der Waals surface area contributed by atoms with Gasteiger partial charge in [-0.1, -0.05) is 66.7 Å². The molecule has 0 saturated heterocycles. The molecular formula is C26H25F3O5S2. The topological polar surface area (TPSA) is 80.7 Å². The highest BCUT2D eigenvalue weighted by Gasteiger charge is 2.44. The van der Waals surface area contributed by atoms with Crippen molar-refractivity contribution in [2.75, 3.05) is 0 Å². The number of hydrogen-bond acceptors (Lipinski definition) is 5. The van der Waals surface area contributed by atoms with Crippen molar-refractivity contribution in [3.63, 3.8) is 0 Å². The summed E-state index contributed by atoms with van der Waals surface area (Å²) in [5.74, 6) is 0.280. The molecule has 36 heavy (non-hydrogen) atoms. The van der Waals surface area contributed by atoms with Crippen LogP contribution in [0.25, 0.3) is 0 Å². The van der Waals surface area contributed by atoms with Gasteiger partial charge in [0.15, 0.2) is 0 Å². The minimum atomic E-state index is -5.84. The number of esters is 1. The van der Waals surface area contributed by atoms with Gasteiger partial charge in [-0.2, -0.15) is 21.6 Å². The SMILES string of the molecule is CC(=O)Oc1ccc(Cc2sccccccc2Cc2ccccc2C)cc1.O=S(=O)(O)C(F)(F)F. The van der Waals surface area contributed by atoms with E-state index in [-0.39, 0.29) is 5.97 Å². The first kappa shape index (κ1) is 29.0. The zero-order valence-electron chi connectivity index (χ0n) is 19.5. The van der Waals surface area contributed by atoms with Crippen LogP contribution in [0.1, 0.15) is 34.1 Å². The summed E-state index contributed by atoms with van der Waals surface area (Å²) in [4.78, 5) is 12.4. The van der Waals surface area contributed by atoms with E-state index in [1.165, 1.54) is 34.1 Å². The first-order chi connectivity index (χ1) is 16.9. The minimum Gasteiger partial charge on any atom is -0.427 e. The summed E-state index contributed by atoms with van der Waals surface area (Å²) in [6.07, 6.45) is 1.74. The van der Waals surface area contributed by atoms with Crippen LogP contribution >= 0.6 is 11.3 Å². The fourth-order valence-corrected chi connectivity index (χ4v) is 3.86. The number of hydrogen-bond donors (Lipinski definition) is 1. The molecule has 0 spiro atoms. The standard InChI is InChI=1S/C25H24O2S.CHF3O3S/c1-19-9-6-7-10-22(19)18-23-11-5-3-4-8-16-28-25(23)17-21-12-14-24(15-13-21)27-20(2)26;2-1(3,4)8(5,6)7/h3-16H,17-18H2,1-2H3;(H,5,6,7). The number of alkyl halides is 3. The molecule has 1 N–H and O–H groups in total. The molecule has 3 rings (SSSR count). The van der Waals surface area contributed by atoms with Gasteiger partial charge in [0.25, 0.3) is 0 Å². The Hall–Kier alpha value is -3.21. The second-order valence-corrected chi connectivity index (χ2v) is 9.99. The van der Waals surface area contributed by atoms with Gasteiger partial charge in [0.05, 0.1) is 0 Å². The number of carbonyl (C=O) groups excluding carboxylic acids is 1. The third-order valence-electron chi connectivity index (χ3n) is 4.76. The molecule has 1 heterocycles. The molecule has 0 unspecified atom stereocenters. The second-order valence-electron chi connectivity index (χ2n) is 7.58. The van der Waals surface area contributed by atoms with Gasteiger partial charge in [-0.15, -0.1) is 11.3 Å². The highest BCUT2D eigenvalue weighted by atomic mass is 32.2. The average Bonchev–Trinajstić information content (AvgIpc) is 2.88. The largest absolute Gasteiger partial charge is 0.522 e. The van der Waals surface area contributed by atoms with Crippen LogP contribution in [0.4, 0.5) is 13.2 Å². The van der Waals surface area contributed by atoms with Crippen LogP contribution in [0, 0.1) is 6.92 Å². The summed E-state index contributed by atoms with van der Waals surface area (Å²) in [5, 5.41) is 2.13. The highest BCUT2D eigenvalue weighted by Crippen LogP contribution is 2.23. The van der Waals surface area contributed by atoms with E-state index in [2.05, 4.69) is 60.8 Å². The van der Waals surface area contributed by atoms with Crippen LogP contribution < -0.4 is 4.74 Å². The monoisotopic (exact) mass is 538 g/mol. The Balaban J connectivity index is 0.000000493. The summed E-state index contributed by atoms with van der Waals surface area (Å²) < 4.78 is 62.7. The van der Waals surface area contributed by atoms with E-state index in [1.807, 2.05) is 30.3 Å². The normalized spacial score (nSPS) is 11.1. The van der Waals surface area contributed by atoms with Gasteiger partial charge in [0.2, 0.25) is 0 Å². The molecule has 3 aromatic rings. The third-order valence-corrected chi connectivity index (χ3v) is 6.33. The number of aryl methyl sites for hydroxylation is 1. The van der Waals surface area contributed by atoms with Crippen LogP contribution in [0.5, 0.6) is 5.75 Å². The van der Waals surface area contributed by atoms with Crippen molar-refractivity contribution in [3.8, 4) is 5.75 Å². The Morgan fingerprint density at radius 2 is 1.44 bits per heavy atom. The summed E-state index contributed by atoms with van der Waals surface area (Å²) >= 11 is 1.76. The lowest BCUT2D eigenvalue weighted by Crippen LogP contribution is -2.21. The summed E-state index contributed by atoms with van der Waals surface area (Å²) in [6.45, 7) is 3.58. The Bertz CT molecular complexity index is 1310. The molecule has 0 atom stereocenters. The first-order valence-corrected chi connectivity index (χ1v) is 12.9. The van der Waals surface area contributed by atoms with E-state index in [0.29, 0.717) is 5.75 Å². The Morgan fingerprint density at radius 3 is 2.03 bits per heavy atom. The third kappa shape index (κ3) is 9.80. The van der Waals surface area contributed by atoms with Crippen molar-refractivity contribution in [1.82, 2.24) is 0 Å². The second kappa shape index (κ2) is 13.2. The maximum Gasteiger partial charge on any atom is 0.522 e. The smallest absolute Gasteiger partial charge is 0.427 e. The Kier molecular flexibility index (Phi) is 10.6. The number of rotatable bonds is 5. The lowest BCUT2D eigenvalue weighted by molar-refractivity contribution is -0.131. The van der Waals surface area contributed by atoms with E-state index >= 15 is 0 Å². The molecule has 0 aliphatic heterocycles. The molecule has 0 aliphatic carbocycles. The minimum absolute atomic E-state index is 0.300. The van der Waals surface area contributed by atoms with E-state index < -0.39 is 15.6 Å². The summed E-state index contributed by atoms with van der Waals surface area (Å²) in [7, 11) is -5.84. The zero-order valence-corrected chi connectivity index (χ0v) is 21.2. The van der Waals surface area contributed by atoms with Crippen molar-refractivity contribution in [3.05, 3.63) is 111 Å². The van der Waals surface area contributed by atoms with Gasteiger partial charge in [-0.25, -0.2) is 0 Å². The highest BCUT2D eigenvalue weighted by molar-refractivity contribution is 7.86. The van der Waals surface area contributed by atoms with Gasteiger partial charge in [-0.3, -0.25) is 9.35 Å². The number of benzene rings is 2. The molecule has 0 aliphatic rings. The van der Waals surface area contributed by atoms with Crippen LogP contribution in [0.3, 0.4) is 0 Å². The van der Waals surface area contributed by atoms with E-state index in [9.17, 15) is 18.0 Å². The van der Waals surface area contributed by atoms with Crippen molar-refractivity contribution >= 4 is 27.4 Å². The van der Waals surface area contributed by atoms with Gasteiger partial charge in [0, 0.05) is 18.2 Å². The molecule has 0 radical (unpaired) electrons. The number of halogens is 3. The molecular weight excluding hydrogens is 513 g/mol. The Labute approximate surface area is 212 Å². The number of carbonyl (C=O) groups is 1. The quantitative estimate of drug-likeness (QED) is 0.170. The first-order valence-electron chi connectivity index (χ1n) is 10.6. The molecule has 0 fully saturated rings. The Morgan fingerprint density at radius 1 is 0.889 bits per heavy atom. The fourth-order valence-electron chi connectivity index (χ4n) is 2.99. The van der Waals surface area contributed by atoms with Gasteiger partial charge >= 0.3 is 21.6 Å². The molecule has 0 amide bonds. The van der Waals surface area contributed by atoms with Crippen LogP contribution in [0.2, 0.25) is 0 Å². The van der Waals surface area contributed by atoms with Crippen molar-refractivity contribution in [2.45, 2.75) is 32.2 Å². The van der Waals surface area contributed by atoms with Gasteiger partial charge in [0.1, 0.15) is 5.75 Å². The molecule has 0 bridgehead atoms. The van der Waals surface area contributed by atoms with Crippen LogP contribution in [-0.2, 0) is 27.8 Å². The van der Waals surface area contributed by atoms with E-state index in [1.54, 1.807) is 11.3 Å². The van der Waals surface area contributed by atoms with Crippen molar-refractivity contribution in [2.24, 2.45) is 0 Å². The predicted molar refractivity (Wildman–Crippen MR) is 134 cm³/mol. The zero-order chi connectivity index (χ0) is 26.8. The molecule has 10 heteroatoms. The molecule has 192 valence electrons. The number of ether oxygens (including phenoxy) is 1. The molecule has 1 aromatic heterocycles. The predicted octanol–water partition coefficient (Wildman–Crippen LogP) is 6.68. The van der Waals surface area contributed by atoms with E-state index in [0.717, 1.165) is 12.8 Å². The lowest BCUT2D eigenvalue weighted by Gasteiger charge is -2.10. The van der Waals surface area contributed by atoms with Crippen LogP contribution in [-0.4, -0.2) is 24.4 Å². The van der Waals surface area contributed by atoms with E-state index in [4.69, 9.17) is 17.7 Å².